The number of benzene rings is 11. The van der Waals surface area contributed by atoms with Crippen molar-refractivity contribution in [2.45, 2.75) is 45.9 Å². The molecule has 0 radical (unpaired) electrons. The summed E-state index contributed by atoms with van der Waals surface area (Å²) in [5, 5.41) is 14.4. The van der Waals surface area contributed by atoms with Gasteiger partial charge in [0, 0.05) is 51.3 Å². The summed E-state index contributed by atoms with van der Waals surface area (Å²) in [5.74, 6) is 1.03. The minimum absolute atomic E-state index is 0. The van der Waals surface area contributed by atoms with Gasteiger partial charge in [-0.3, -0.25) is 0 Å². The molecule has 5 nitrogen and oxygen atoms in total. The van der Waals surface area contributed by atoms with Gasteiger partial charge in [0.25, 0.3) is 0 Å². The van der Waals surface area contributed by atoms with E-state index >= 15 is 0 Å². The maximum atomic E-state index is 8.85. The second-order valence-electron chi connectivity index (χ2n) is 23.6. The van der Waals surface area contributed by atoms with E-state index in [1.54, 1.807) is 6.20 Å². The van der Waals surface area contributed by atoms with E-state index < -0.39 is 14.0 Å². The van der Waals surface area contributed by atoms with Gasteiger partial charge in [-0.15, -0.1) is 35.7 Å². The number of pyridine rings is 1. The van der Waals surface area contributed by atoms with E-state index in [-0.39, 0.29) is 26.5 Å². The van der Waals surface area contributed by atoms with Crippen LogP contribution in [0.3, 0.4) is 0 Å². The Kier molecular flexibility index (Phi) is 13.6. The minimum atomic E-state index is -3.01. The van der Waals surface area contributed by atoms with Gasteiger partial charge in [-0.05, 0) is 134 Å². The molecule has 0 fully saturated rings. The molecule has 0 amide bonds. The van der Waals surface area contributed by atoms with Gasteiger partial charge >= 0.3 is 0 Å². The molecule has 0 aliphatic carbocycles. The first-order valence-electron chi connectivity index (χ1n) is 29.8. The fourth-order valence-corrected chi connectivity index (χ4v) is 18.0. The van der Waals surface area contributed by atoms with Crippen LogP contribution in [0.25, 0.3) is 82.1 Å². The van der Waals surface area contributed by atoms with Crippen LogP contribution >= 0.6 is 0 Å². The average Bonchev–Trinajstić information content (AvgIpc) is 1.86. The Morgan fingerprint density at radius 2 is 1.05 bits per heavy atom. The molecule has 0 unspecified atom stereocenters. The number of fused-ring (bicyclic) bond motifs is 10. The van der Waals surface area contributed by atoms with Crippen LogP contribution in [0.4, 0.5) is 11.4 Å². The quantitative estimate of drug-likeness (QED) is 0.0778. The van der Waals surface area contributed by atoms with Crippen molar-refractivity contribution < 1.29 is 27.2 Å². The third kappa shape index (κ3) is 9.10. The molecule has 1 aliphatic heterocycles. The molecular formula is C79H61N4OPtSi-3. The average molecular weight is 1310 g/mol. The molecule has 0 saturated carbocycles. The summed E-state index contributed by atoms with van der Waals surface area (Å²) in [7, 11) is -3.01. The van der Waals surface area contributed by atoms with E-state index in [1.165, 1.54) is 37.1 Å². The molecule has 0 N–H and O–H groups in total. The van der Waals surface area contributed by atoms with Gasteiger partial charge in [0.05, 0.1) is 0 Å². The zero-order chi connectivity index (χ0) is 58.3. The Balaban J connectivity index is 0.00000667. The van der Waals surface area contributed by atoms with Crippen LogP contribution in [0.2, 0.25) is 0 Å². The summed E-state index contributed by atoms with van der Waals surface area (Å²) in [4.78, 5) is 7.12. The monoisotopic (exact) mass is 1310 g/mol. The smallest absolute Gasteiger partial charge is 0.179 e. The third-order valence-electron chi connectivity index (χ3n) is 17.3. The fraction of sp³-hybridized carbons (Fsp3) is 0.0886. The van der Waals surface area contributed by atoms with Crippen LogP contribution in [0.15, 0.2) is 267 Å². The number of hydrogen-bond acceptors (Lipinski definition) is 3. The summed E-state index contributed by atoms with van der Waals surface area (Å²) in [6, 6.07) is 103. The van der Waals surface area contributed by atoms with Crippen LogP contribution in [0, 0.1) is 18.8 Å². The Morgan fingerprint density at radius 3 is 1.67 bits per heavy atom. The molecule has 3 aromatic heterocycles. The van der Waals surface area contributed by atoms with Crippen LogP contribution in [0.5, 0.6) is 11.5 Å². The molecule has 14 aromatic rings. The minimum Gasteiger partial charge on any atom is -0.509 e. The molecular weight excluding hydrogens is 1240 g/mol. The zero-order valence-corrected chi connectivity index (χ0v) is 51.8. The molecule has 0 saturated heterocycles. The number of hydrogen-bond donors (Lipinski definition) is 0. The molecule has 1 aliphatic rings. The van der Waals surface area contributed by atoms with Crippen molar-refractivity contribution in [2.75, 3.05) is 4.90 Å². The predicted molar refractivity (Wildman–Crippen MR) is 359 cm³/mol. The van der Waals surface area contributed by atoms with Crippen molar-refractivity contribution >= 4 is 105 Å². The van der Waals surface area contributed by atoms with Gasteiger partial charge in [0.2, 0.25) is 0 Å². The number of rotatable bonds is 10. The van der Waals surface area contributed by atoms with Crippen molar-refractivity contribution in [1.82, 2.24) is 14.1 Å². The van der Waals surface area contributed by atoms with Crippen molar-refractivity contribution in [1.29, 1.82) is 0 Å². The van der Waals surface area contributed by atoms with Gasteiger partial charge in [0.1, 0.15) is 5.82 Å². The van der Waals surface area contributed by atoms with Gasteiger partial charge in [-0.2, -0.15) is 12.1 Å². The van der Waals surface area contributed by atoms with Crippen LogP contribution in [0.1, 0.15) is 53.0 Å². The maximum Gasteiger partial charge on any atom is 0.179 e. The number of para-hydroxylation sites is 3. The van der Waals surface area contributed by atoms with E-state index in [1.807, 2.05) is 50.2 Å². The van der Waals surface area contributed by atoms with Crippen LogP contribution in [-0.2, 0) is 26.5 Å². The van der Waals surface area contributed by atoms with Crippen molar-refractivity contribution in [3.05, 3.63) is 297 Å². The first-order chi connectivity index (χ1) is 41.9. The second kappa shape index (κ2) is 21.9. The van der Waals surface area contributed by atoms with E-state index in [0.29, 0.717) is 11.5 Å². The number of ether oxygens (including phenoxy) is 1. The molecule has 0 atom stereocenters. The summed E-state index contributed by atoms with van der Waals surface area (Å²) >= 11 is 0. The summed E-state index contributed by atoms with van der Waals surface area (Å²) < 4.78 is 20.3. The Labute approximate surface area is 519 Å². The summed E-state index contributed by atoms with van der Waals surface area (Å²) in [6.45, 7) is 13.1. The Hall–Kier alpha value is -9.45. The molecule has 86 heavy (non-hydrogen) atoms. The molecule has 4 heterocycles. The predicted octanol–water partition coefficient (Wildman–Crippen LogP) is 17.7. The van der Waals surface area contributed by atoms with Gasteiger partial charge in [-0.1, -0.05) is 252 Å². The Bertz CT molecular complexity index is 4950. The molecule has 0 bridgehead atoms. The number of nitrogens with zero attached hydrogens (tertiary/aromatic N) is 4. The first-order valence-corrected chi connectivity index (χ1v) is 31.3. The topological polar surface area (TPSA) is 35.2 Å². The summed E-state index contributed by atoms with van der Waals surface area (Å²) in [6.07, 6.45) is 1.79. The normalized spacial score (nSPS) is 12.6. The van der Waals surface area contributed by atoms with E-state index in [0.717, 1.165) is 88.3 Å². The number of anilines is 2. The number of aromatic nitrogens is 3. The van der Waals surface area contributed by atoms with E-state index in [2.05, 4.69) is 278 Å². The maximum absolute atomic E-state index is 8.85. The van der Waals surface area contributed by atoms with E-state index in [4.69, 9.17) is 11.1 Å². The Morgan fingerprint density at radius 1 is 0.500 bits per heavy atom. The first kappa shape index (κ1) is 53.3. The SMILES string of the molecule is [2H]C(C)(C)c1ccnc(-n2c3[c-]c(Oc4[c-]c(N5[CH-]n6c7c(-c8cc(C(C)(C)C)cc([Si](c9ccccc9)(c9ccccc9)c9ccccc9)c8)cccc7c7ccccc7c7ccccc7c7cccc5c76)ccc4)ccc3c3ccccc32)c1.[Pt]. The van der Waals surface area contributed by atoms with Crippen molar-refractivity contribution in [3.8, 4) is 28.4 Å². The molecule has 11 aromatic carbocycles. The van der Waals surface area contributed by atoms with Crippen LogP contribution in [-0.4, -0.2) is 22.2 Å². The van der Waals surface area contributed by atoms with Gasteiger partial charge in [-0.25, -0.2) is 4.98 Å². The third-order valence-corrected chi connectivity index (χ3v) is 22.0. The standard InChI is InChI=1S/C79H61N4OSi.Pt/c1-53(2)54-44-45-80-76(48-54)83-73-40-20-19-36-69(73)70-43-42-59(51-75(70)83)84-58-25-21-24-57(50-58)81-52-82-77-64(37-22-38-71(77)67-34-17-15-32-65(67)66-33-16-18-35-68(66)72-39-23-41-74(81)78(72)82)55-46-56(79(3,4)5)49-63(47-55)85(60-26-9-6-10-27-60,61-28-11-7-12-29-61)62-30-13-8-14-31-62;/h6-49,52-53H,1-5H3;/q-3;/i53D;. The van der Waals surface area contributed by atoms with Gasteiger partial charge in [0.15, 0.2) is 8.07 Å². The largest absolute Gasteiger partial charge is 0.509 e. The molecule has 420 valence electrons. The van der Waals surface area contributed by atoms with Crippen molar-refractivity contribution in [2.24, 2.45) is 0 Å². The zero-order valence-electron chi connectivity index (χ0n) is 49.5. The fourth-order valence-electron chi connectivity index (χ4n) is 13.2. The molecule has 0 spiro atoms. The summed E-state index contributed by atoms with van der Waals surface area (Å²) in [5.41, 5.74) is 10.1. The molecule has 15 rings (SSSR count). The second-order valence-corrected chi connectivity index (χ2v) is 27.4. The van der Waals surface area contributed by atoms with Crippen LogP contribution < -0.4 is 30.4 Å². The van der Waals surface area contributed by atoms with Crippen molar-refractivity contribution in [3.63, 3.8) is 0 Å². The molecule has 7 heteroatoms. The van der Waals surface area contributed by atoms with Gasteiger partial charge < -0.3 is 18.8 Å². The van der Waals surface area contributed by atoms with E-state index in [9.17, 15) is 0 Å².